The third kappa shape index (κ3) is 3.70. The third-order valence-electron chi connectivity index (χ3n) is 3.45. The molecule has 2 heterocycles. The molecule has 114 valence electrons. The van der Waals surface area contributed by atoms with Crippen LogP contribution >= 0.6 is 23.2 Å². The molecule has 3 rings (SSSR count). The number of amidine groups is 1. The van der Waals surface area contributed by atoms with Crippen LogP contribution < -0.4 is 5.32 Å². The maximum absolute atomic E-state index is 6.12. The van der Waals surface area contributed by atoms with Crippen molar-refractivity contribution in [1.82, 2.24) is 10.3 Å². The van der Waals surface area contributed by atoms with Crippen molar-refractivity contribution in [2.24, 2.45) is 4.99 Å². The maximum atomic E-state index is 6.12. The van der Waals surface area contributed by atoms with Gasteiger partial charge in [-0.25, -0.2) is 9.98 Å². The fourth-order valence-corrected chi connectivity index (χ4v) is 2.69. The van der Waals surface area contributed by atoms with Crippen LogP contribution in [0.3, 0.4) is 0 Å². The molecule has 0 radical (unpaired) electrons. The molecule has 4 nitrogen and oxygen atoms in total. The molecule has 2 aromatic rings. The summed E-state index contributed by atoms with van der Waals surface area (Å²) in [4.78, 5) is 8.42. The van der Waals surface area contributed by atoms with Gasteiger partial charge in [-0.15, -0.1) is 0 Å². The Hall–Kier alpha value is -1.78. The van der Waals surface area contributed by atoms with Gasteiger partial charge < -0.3 is 10.1 Å². The van der Waals surface area contributed by atoms with Gasteiger partial charge in [-0.3, -0.25) is 0 Å². The number of nitrogens with one attached hydrogen (secondary N) is 1. The molecule has 1 aromatic carbocycles. The van der Waals surface area contributed by atoms with E-state index >= 15 is 0 Å². The second kappa shape index (κ2) is 6.99. The first kappa shape index (κ1) is 15.1. The van der Waals surface area contributed by atoms with Gasteiger partial charge in [0.2, 0.25) is 0 Å². The second-order valence-electron chi connectivity index (χ2n) is 4.94. The third-order valence-corrected chi connectivity index (χ3v) is 3.91. The Morgan fingerprint density at radius 1 is 1.18 bits per heavy atom. The molecule has 0 saturated carbocycles. The summed E-state index contributed by atoms with van der Waals surface area (Å²) in [5.74, 6) is 0.0790. The van der Waals surface area contributed by atoms with Crippen LogP contribution in [0, 0.1) is 0 Å². The molecule has 0 amide bonds. The van der Waals surface area contributed by atoms with Crippen molar-refractivity contribution in [3.63, 3.8) is 0 Å². The first-order chi connectivity index (χ1) is 10.7. The fraction of sp³-hybridized carbons (Fsp3) is 0.250. The molecule has 1 N–H and O–H groups in total. The van der Waals surface area contributed by atoms with Crippen LogP contribution in [-0.4, -0.2) is 30.7 Å². The van der Waals surface area contributed by atoms with Gasteiger partial charge in [0.15, 0.2) is 0 Å². The van der Waals surface area contributed by atoms with Crippen molar-refractivity contribution in [3.05, 3.63) is 63.9 Å². The molecule has 6 heteroatoms. The molecule has 1 aromatic heterocycles. The zero-order valence-corrected chi connectivity index (χ0v) is 13.3. The lowest BCUT2D eigenvalue weighted by atomic mass is 9.92. The van der Waals surface area contributed by atoms with Crippen LogP contribution in [0.15, 0.2) is 47.6 Å². The van der Waals surface area contributed by atoms with E-state index in [1.807, 2.05) is 30.3 Å². The van der Waals surface area contributed by atoms with E-state index in [0.29, 0.717) is 35.9 Å². The molecular formula is C16H15Cl2N3O. The average molecular weight is 336 g/mol. The number of rotatable bonds is 4. The van der Waals surface area contributed by atoms with E-state index < -0.39 is 0 Å². The zero-order chi connectivity index (χ0) is 15.4. The van der Waals surface area contributed by atoms with Gasteiger partial charge in [0.25, 0.3) is 6.02 Å². The summed E-state index contributed by atoms with van der Waals surface area (Å²) in [5.41, 5.74) is 2.15. The molecule has 1 aliphatic heterocycles. The second-order valence-corrected chi connectivity index (χ2v) is 5.76. The molecule has 0 spiro atoms. The lowest BCUT2D eigenvalue weighted by Crippen LogP contribution is -2.29. The molecule has 1 unspecified atom stereocenters. The standard InChI is InChI=1S/C16H15Cl2N3O/c17-13-3-1-2-11(8-13)14(10-21-16-19-6-7-22-16)12-4-5-15(18)20-9-12/h1-5,8-9,14H,6-7,10H2,(H,19,21). The van der Waals surface area contributed by atoms with E-state index in [1.165, 1.54) is 0 Å². The highest BCUT2D eigenvalue weighted by atomic mass is 35.5. The quantitative estimate of drug-likeness (QED) is 0.870. The van der Waals surface area contributed by atoms with Crippen molar-refractivity contribution in [2.45, 2.75) is 5.92 Å². The molecule has 1 aliphatic rings. The Morgan fingerprint density at radius 2 is 2.09 bits per heavy atom. The predicted octanol–water partition coefficient (Wildman–Crippen LogP) is 3.50. The molecule has 0 fully saturated rings. The van der Waals surface area contributed by atoms with Crippen LogP contribution in [0.2, 0.25) is 10.2 Å². The van der Waals surface area contributed by atoms with Crippen molar-refractivity contribution < 1.29 is 4.74 Å². The van der Waals surface area contributed by atoms with E-state index in [1.54, 1.807) is 12.3 Å². The summed E-state index contributed by atoms with van der Waals surface area (Å²) in [7, 11) is 0. The van der Waals surface area contributed by atoms with Gasteiger partial charge in [-0.1, -0.05) is 41.4 Å². The minimum absolute atomic E-state index is 0.0790. The van der Waals surface area contributed by atoms with Gasteiger partial charge >= 0.3 is 0 Å². The highest BCUT2D eigenvalue weighted by Crippen LogP contribution is 2.26. The van der Waals surface area contributed by atoms with Crippen molar-refractivity contribution >= 4 is 29.2 Å². The van der Waals surface area contributed by atoms with Crippen LogP contribution in [0.4, 0.5) is 0 Å². The summed E-state index contributed by atoms with van der Waals surface area (Å²) < 4.78 is 5.39. The molecule has 0 saturated heterocycles. The average Bonchev–Trinajstić information content (AvgIpc) is 3.03. The fourth-order valence-electron chi connectivity index (χ4n) is 2.38. The number of aromatic nitrogens is 1. The van der Waals surface area contributed by atoms with Crippen LogP contribution in [-0.2, 0) is 4.74 Å². The van der Waals surface area contributed by atoms with Gasteiger partial charge in [-0.05, 0) is 29.3 Å². The summed E-state index contributed by atoms with van der Waals surface area (Å²) in [6.45, 7) is 1.97. The maximum Gasteiger partial charge on any atom is 0.284 e. The summed E-state index contributed by atoms with van der Waals surface area (Å²) >= 11 is 12.0. The van der Waals surface area contributed by atoms with Gasteiger partial charge in [0, 0.05) is 23.7 Å². The molecule has 0 bridgehead atoms. The molecule has 0 aliphatic carbocycles. The van der Waals surface area contributed by atoms with Crippen molar-refractivity contribution in [2.75, 3.05) is 19.7 Å². The topological polar surface area (TPSA) is 46.5 Å². The highest BCUT2D eigenvalue weighted by Gasteiger charge is 2.17. The number of ether oxygens (including phenoxy) is 1. The number of nitrogens with zero attached hydrogens (tertiary/aromatic N) is 2. The highest BCUT2D eigenvalue weighted by molar-refractivity contribution is 6.30. The number of benzene rings is 1. The van der Waals surface area contributed by atoms with Crippen molar-refractivity contribution in [1.29, 1.82) is 0 Å². The summed E-state index contributed by atoms with van der Waals surface area (Å²) in [5, 5.41) is 4.42. The lowest BCUT2D eigenvalue weighted by Gasteiger charge is -2.19. The Balaban J connectivity index is 1.85. The minimum atomic E-state index is 0.0790. The van der Waals surface area contributed by atoms with Crippen molar-refractivity contribution in [3.8, 4) is 0 Å². The number of aliphatic imine (C=N–C) groups is 1. The predicted molar refractivity (Wildman–Crippen MR) is 88.8 cm³/mol. The van der Waals surface area contributed by atoms with E-state index in [0.717, 1.165) is 11.1 Å². The molecule has 1 atom stereocenters. The summed E-state index contributed by atoms with van der Waals surface area (Å²) in [6.07, 6.45) is 1.78. The van der Waals surface area contributed by atoms with E-state index in [2.05, 4.69) is 15.3 Å². The molecular weight excluding hydrogens is 321 g/mol. The minimum Gasteiger partial charge on any atom is -0.463 e. The number of pyridine rings is 1. The molecule has 22 heavy (non-hydrogen) atoms. The number of hydrogen-bond acceptors (Lipinski definition) is 4. The number of hydrogen-bond donors (Lipinski definition) is 1. The van der Waals surface area contributed by atoms with Crippen LogP contribution in [0.1, 0.15) is 17.0 Å². The van der Waals surface area contributed by atoms with Gasteiger partial charge in [0.1, 0.15) is 11.8 Å². The van der Waals surface area contributed by atoms with E-state index in [-0.39, 0.29) is 5.92 Å². The van der Waals surface area contributed by atoms with Crippen LogP contribution in [0.25, 0.3) is 0 Å². The first-order valence-corrected chi connectivity index (χ1v) is 7.76. The first-order valence-electron chi connectivity index (χ1n) is 7.00. The smallest absolute Gasteiger partial charge is 0.284 e. The Kier molecular flexibility index (Phi) is 4.80. The Bertz CT molecular complexity index is 673. The van der Waals surface area contributed by atoms with Crippen LogP contribution in [0.5, 0.6) is 0 Å². The largest absolute Gasteiger partial charge is 0.463 e. The van der Waals surface area contributed by atoms with Gasteiger partial charge in [0.05, 0.1) is 6.54 Å². The summed E-state index contributed by atoms with van der Waals surface area (Å²) in [6, 6.07) is 12.2. The SMILES string of the molecule is Clc1cccc(C(CNC2=NCCO2)c2ccc(Cl)nc2)c1. The Labute approximate surface area is 139 Å². The van der Waals surface area contributed by atoms with E-state index in [4.69, 9.17) is 27.9 Å². The van der Waals surface area contributed by atoms with Gasteiger partial charge in [-0.2, -0.15) is 0 Å². The lowest BCUT2D eigenvalue weighted by molar-refractivity contribution is 0.331. The number of halogens is 2. The van der Waals surface area contributed by atoms with E-state index in [9.17, 15) is 0 Å². The normalized spacial score (nSPS) is 15.1. The Morgan fingerprint density at radius 3 is 2.77 bits per heavy atom. The zero-order valence-electron chi connectivity index (χ0n) is 11.8. The monoisotopic (exact) mass is 335 g/mol.